The van der Waals surface area contributed by atoms with E-state index in [0.29, 0.717) is 6.42 Å². The average molecular weight is 428 g/mol. The zero-order valence-electron chi connectivity index (χ0n) is 18.4. The lowest BCUT2D eigenvalue weighted by Crippen LogP contribution is -2.53. The molecule has 0 amide bonds. The fourth-order valence-corrected chi connectivity index (χ4v) is 7.95. The number of hydrogen-bond acceptors (Lipinski definition) is 4. The number of fused-ring (bicyclic) bond motifs is 2. The van der Waals surface area contributed by atoms with Crippen LogP contribution in [0.2, 0.25) is 0 Å². The number of allylic oxidation sites excluding steroid dienone is 1. The van der Waals surface area contributed by atoms with Gasteiger partial charge in [0, 0.05) is 36.0 Å². The molecule has 7 rings (SSSR count). The first-order chi connectivity index (χ1) is 15.4. The Labute approximate surface area is 188 Å². The van der Waals surface area contributed by atoms with Gasteiger partial charge in [-0.15, -0.1) is 0 Å². The minimum atomic E-state index is -0.448. The number of nitrogens with zero attached hydrogens (tertiary/aromatic N) is 1. The molecule has 2 N–H and O–H groups in total. The number of ether oxygens (including phenoxy) is 1. The van der Waals surface area contributed by atoms with Gasteiger partial charge in [-0.1, -0.05) is 43.4 Å². The van der Waals surface area contributed by atoms with Gasteiger partial charge in [0.1, 0.15) is 0 Å². The van der Waals surface area contributed by atoms with Gasteiger partial charge >= 0.3 is 0 Å². The molecule has 2 aromatic rings. The van der Waals surface area contributed by atoms with Crippen molar-refractivity contribution in [3.63, 3.8) is 0 Å². The quantitative estimate of drug-likeness (QED) is 0.699. The monoisotopic (exact) mass is 427 g/mol. The third kappa shape index (κ3) is 2.30. The van der Waals surface area contributed by atoms with Crippen LogP contribution >= 0.6 is 0 Å². The molecular weight excluding hydrogens is 398 g/mol. The standard InChI is InChI=1S/C28H29NO3/c1-26-8-6-21-13-20-4-5-22(30)15-27(20)9-10-28(21,32-27)24(26)14-23(31)25(26)18-3-2-17-7-11-29-16-19(17)12-18/h2-7,11-13,16,22-25,30-31H,8-10,14-15H2,1H3/t22-,23-,24-,25?,26+,27-,28?/m1/s1. The van der Waals surface area contributed by atoms with Crippen LogP contribution in [-0.4, -0.2) is 38.6 Å². The molecule has 1 saturated carbocycles. The van der Waals surface area contributed by atoms with Crippen LogP contribution in [0.1, 0.15) is 50.5 Å². The van der Waals surface area contributed by atoms with Crippen molar-refractivity contribution in [3.05, 3.63) is 77.7 Å². The van der Waals surface area contributed by atoms with E-state index < -0.39 is 12.2 Å². The Morgan fingerprint density at radius 1 is 1.09 bits per heavy atom. The van der Waals surface area contributed by atoms with Crippen molar-refractivity contribution in [1.82, 2.24) is 4.98 Å². The topological polar surface area (TPSA) is 62.6 Å². The zero-order chi connectivity index (χ0) is 21.7. The summed E-state index contributed by atoms with van der Waals surface area (Å²) in [6.45, 7) is 2.36. The highest BCUT2D eigenvalue weighted by Crippen LogP contribution is 2.68. The van der Waals surface area contributed by atoms with Crippen LogP contribution in [0.15, 0.2) is 72.1 Å². The maximum atomic E-state index is 11.4. The maximum Gasteiger partial charge on any atom is 0.0976 e. The number of pyridine rings is 1. The van der Waals surface area contributed by atoms with E-state index in [9.17, 15) is 10.2 Å². The number of rotatable bonds is 1. The van der Waals surface area contributed by atoms with Gasteiger partial charge in [-0.3, -0.25) is 4.98 Å². The van der Waals surface area contributed by atoms with Crippen molar-refractivity contribution < 1.29 is 14.9 Å². The summed E-state index contributed by atoms with van der Waals surface area (Å²) in [6.07, 6.45) is 15.8. The van der Waals surface area contributed by atoms with Crippen LogP contribution in [0, 0.1) is 11.3 Å². The number of benzene rings is 1. The van der Waals surface area contributed by atoms with E-state index in [4.69, 9.17) is 4.74 Å². The van der Waals surface area contributed by atoms with Crippen molar-refractivity contribution in [2.75, 3.05) is 0 Å². The van der Waals surface area contributed by atoms with E-state index >= 15 is 0 Å². The number of aliphatic hydroxyl groups excluding tert-OH is 2. The lowest BCUT2D eigenvalue weighted by atomic mass is 9.58. The van der Waals surface area contributed by atoms with E-state index in [1.165, 1.54) is 22.1 Å². The fraction of sp³-hybridized carbons (Fsp3) is 0.464. The second-order valence-electron chi connectivity index (χ2n) is 10.9. The van der Waals surface area contributed by atoms with Crippen LogP contribution < -0.4 is 0 Å². The second kappa shape index (κ2) is 6.19. The summed E-state index contributed by atoms with van der Waals surface area (Å²) in [5, 5.41) is 24.1. The molecule has 1 saturated heterocycles. The number of aromatic nitrogens is 1. The molecule has 2 aliphatic heterocycles. The second-order valence-corrected chi connectivity index (χ2v) is 10.9. The lowest BCUT2D eigenvalue weighted by molar-refractivity contribution is -0.135. The minimum Gasteiger partial charge on any atom is -0.392 e. The molecule has 1 aromatic heterocycles. The average Bonchev–Trinajstić information content (AvgIpc) is 3.24. The minimum absolute atomic E-state index is 0.0617. The van der Waals surface area contributed by atoms with Gasteiger partial charge < -0.3 is 14.9 Å². The van der Waals surface area contributed by atoms with E-state index in [1.807, 2.05) is 24.5 Å². The van der Waals surface area contributed by atoms with E-state index in [-0.39, 0.29) is 28.5 Å². The fourth-order valence-electron chi connectivity index (χ4n) is 7.95. The van der Waals surface area contributed by atoms with Crippen molar-refractivity contribution >= 4 is 10.8 Å². The van der Waals surface area contributed by atoms with Crippen LogP contribution in [0.3, 0.4) is 0 Å². The first-order valence-electron chi connectivity index (χ1n) is 11.9. The molecule has 2 spiro atoms. The Balaban J connectivity index is 1.34. The Hall–Kier alpha value is -2.27. The predicted molar refractivity (Wildman–Crippen MR) is 123 cm³/mol. The third-order valence-corrected chi connectivity index (χ3v) is 9.36. The summed E-state index contributed by atoms with van der Waals surface area (Å²) < 4.78 is 7.06. The highest BCUT2D eigenvalue weighted by molar-refractivity contribution is 5.82. The molecule has 3 heterocycles. The van der Waals surface area contributed by atoms with Crippen LogP contribution in [0.5, 0.6) is 0 Å². The van der Waals surface area contributed by atoms with Gasteiger partial charge in [0.2, 0.25) is 0 Å². The van der Waals surface area contributed by atoms with Gasteiger partial charge in [0.25, 0.3) is 0 Å². The Bertz CT molecular complexity index is 1230. The molecule has 32 heavy (non-hydrogen) atoms. The first-order valence-corrected chi connectivity index (χ1v) is 11.9. The Morgan fingerprint density at radius 3 is 2.91 bits per heavy atom. The van der Waals surface area contributed by atoms with E-state index in [2.05, 4.69) is 48.3 Å². The highest BCUT2D eigenvalue weighted by Gasteiger charge is 2.67. The van der Waals surface area contributed by atoms with Gasteiger partial charge in [-0.2, -0.15) is 0 Å². The smallest absolute Gasteiger partial charge is 0.0976 e. The molecule has 4 heteroatoms. The molecule has 2 fully saturated rings. The van der Waals surface area contributed by atoms with Crippen molar-refractivity contribution in [3.8, 4) is 0 Å². The summed E-state index contributed by atoms with van der Waals surface area (Å²) in [4.78, 5) is 4.30. The lowest BCUT2D eigenvalue weighted by Gasteiger charge is -2.53. The van der Waals surface area contributed by atoms with Crippen LogP contribution in [0.25, 0.3) is 10.8 Å². The summed E-state index contributed by atoms with van der Waals surface area (Å²) in [6, 6.07) is 8.61. The van der Waals surface area contributed by atoms with Gasteiger partial charge in [-0.25, -0.2) is 0 Å². The highest BCUT2D eigenvalue weighted by atomic mass is 16.5. The molecule has 3 aliphatic carbocycles. The normalized spacial score (nSPS) is 44.0. The first kappa shape index (κ1) is 19.2. The summed E-state index contributed by atoms with van der Waals surface area (Å²) in [7, 11) is 0. The molecule has 2 unspecified atom stereocenters. The molecule has 164 valence electrons. The molecule has 1 aromatic carbocycles. The third-order valence-electron chi connectivity index (χ3n) is 9.36. The van der Waals surface area contributed by atoms with Gasteiger partial charge in [0.15, 0.2) is 0 Å². The van der Waals surface area contributed by atoms with Gasteiger partial charge in [0.05, 0.1) is 23.4 Å². The Kier molecular flexibility index (Phi) is 3.72. The van der Waals surface area contributed by atoms with E-state index in [0.717, 1.165) is 31.1 Å². The molecular formula is C28H29NO3. The van der Waals surface area contributed by atoms with Gasteiger partial charge in [-0.05, 0) is 65.3 Å². The van der Waals surface area contributed by atoms with E-state index in [1.54, 1.807) is 0 Å². The maximum absolute atomic E-state index is 11.4. The number of aliphatic hydroxyl groups is 2. The summed E-state index contributed by atoms with van der Waals surface area (Å²) >= 11 is 0. The Morgan fingerprint density at radius 2 is 2.00 bits per heavy atom. The predicted octanol–water partition coefficient (Wildman–Crippen LogP) is 4.58. The van der Waals surface area contributed by atoms with Crippen molar-refractivity contribution in [1.29, 1.82) is 0 Å². The summed E-state index contributed by atoms with van der Waals surface area (Å²) in [5.41, 5.74) is 2.89. The molecule has 0 radical (unpaired) electrons. The molecule has 5 aliphatic rings. The zero-order valence-corrected chi connectivity index (χ0v) is 18.4. The number of hydrogen-bond donors (Lipinski definition) is 2. The van der Waals surface area contributed by atoms with Crippen molar-refractivity contribution in [2.24, 2.45) is 11.3 Å². The molecule has 7 atom stereocenters. The molecule has 4 nitrogen and oxygen atoms in total. The SMILES string of the molecule is C[C@]12CC=C3C=C4C=C[C@@H](O)C[C@]45CCC3(O5)[C@@H]1C[C@@H](O)C2c1ccc2ccncc2c1. The van der Waals surface area contributed by atoms with Crippen LogP contribution in [-0.2, 0) is 4.74 Å². The summed E-state index contributed by atoms with van der Waals surface area (Å²) in [5.74, 6) is 0.312. The molecule has 2 bridgehead atoms. The van der Waals surface area contributed by atoms with Crippen molar-refractivity contribution in [2.45, 2.75) is 68.4 Å². The van der Waals surface area contributed by atoms with Crippen LogP contribution in [0.4, 0.5) is 0 Å². The largest absolute Gasteiger partial charge is 0.392 e.